The van der Waals surface area contributed by atoms with Crippen LogP contribution >= 0.6 is 0 Å². The van der Waals surface area contributed by atoms with Crippen LogP contribution < -0.4 is 9.64 Å². The number of nitrogens with zero attached hydrogens (tertiary/aromatic N) is 4. The van der Waals surface area contributed by atoms with E-state index in [0.717, 1.165) is 38.0 Å². The number of methoxy groups -OCH3 is 1. The topological polar surface area (TPSA) is 96.2 Å². The van der Waals surface area contributed by atoms with Gasteiger partial charge in [-0.15, -0.1) is 0 Å². The first-order valence-corrected chi connectivity index (χ1v) is 11.2. The summed E-state index contributed by atoms with van der Waals surface area (Å²) in [5, 5.41) is 11.4. The molecule has 2 aromatic carbocycles. The fourth-order valence-corrected chi connectivity index (χ4v) is 4.44. The molecule has 0 aliphatic carbocycles. The summed E-state index contributed by atoms with van der Waals surface area (Å²) >= 11 is 0. The van der Waals surface area contributed by atoms with Crippen LogP contribution in [-0.2, 0) is 0 Å². The maximum atomic E-state index is 13.4. The molecule has 2 heterocycles. The van der Waals surface area contributed by atoms with Gasteiger partial charge in [-0.25, -0.2) is 0 Å². The van der Waals surface area contributed by atoms with E-state index < -0.39 is 4.92 Å². The lowest BCUT2D eigenvalue weighted by Crippen LogP contribution is -2.50. The molecule has 0 atom stereocenters. The molecule has 9 heteroatoms. The summed E-state index contributed by atoms with van der Waals surface area (Å²) in [5.41, 5.74) is 1.56. The van der Waals surface area contributed by atoms with Crippen LogP contribution in [0.4, 0.5) is 11.4 Å². The van der Waals surface area contributed by atoms with Gasteiger partial charge in [0.05, 0.1) is 23.3 Å². The van der Waals surface area contributed by atoms with Crippen LogP contribution in [-0.4, -0.2) is 72.9 Å². The number of ether oxygens (including phenoxy) is 1. The Morgan fingerprint density at radius 1 is 0.879 bits per heavy atom. The van der Waals surface area contributed by atoms with Gasteiger partial charge in [-0.3, -0.25) is 19.7 Å². The number of non-ortho nitro benzene ring substituents is 1. The van der Waals surface area contributed by atoms with Gasteiger partial charge in [-0.1, -0.05) is 6.07 Å². The summed E-state index contributed by atoms with van der Waals surface area (Å²) in [6.45, 7) is 3.21. The van der Waals surface area contributed by atoms with Crippen molar-refractivity contribution >= 4 is 23.2 Å². The Morgan fingerprint density at radius 2 is 1.55 bits per heavy atom. The van der Waals surface area contributed by atoms with Crippen molar-refractivity contribution < 1.29 is 19.2 Å². The van der Waals surface area contributed by atoms with Crippen LogP contribution in [0.3, 0.4) is 0 Å². The van der Waals surface area contributed by atoms with Crippen LogP contribution in [0.1, 0.15) is 40.0 Å². The third kappa shape index (κ3) is 4.92. The molecule has 2 aliphatic heterocycles. The number of anilines is 1. The Kier molecular flexibility index (Phi) is 6.76. The number of nitro benzene ring substituents is 1. The highest BCUT2D eigenvalue weighted by Crippen LogP contribution is 2.29. The molecule has 0 saturated carbocycles. The molecular formula is C24H28N4O5. The Balaban J connectivity index is 1.49. The van der Waals surface area contributed by atoms with Crippen molar-refractivity contribution in [3.8, 4) is 5.75 Å². The first-order chi connectivity index (χ1) is 16.0. The largest absolute Gasteiger partial charge is 0.497 e. The first kappa shape index (κ1) is 22.6. The van der Waals surface area contributed by atoms with Crippen LogP contribution in [0.15, 0.2) is 42.5 Å². The average Bonchev–Trinajstić information content (AvgIpc) is 2.88. The lowest BCUT2D eigenvalue weighted by molar-refractivity contribution is -0.384. The fourth-order valence-electron chi connectivity index (χ4n) is 4.44. The predicted molar refractivity (Wildman–Crippen MR) is 124 cm³/mol. The number of piperazine rings is 1. The van der Waals surface area contributed by atoms with Crippen molar-refractivity contribution in [2.75, 3.05) is 51.3 Å². The maximum Gasteiger partial charge on any atom is 0.270 e. The quantitative estimate of drug-likeness (QED) is 0.511. The van der Waals surface area contributed by atoms with E-state index in [9.17, 15) is 19.7 Å². The van der Waals surface area contributed by atoms with E-state index in [4.69, 9.17) is 4.74 Å². The van der Waals surface area contributed by atoms with Crippen LogP contribution in [0.2, 0.25) is 0 Å². The SMILES string of the molecule is COc1cccc(C(=O)N2CCN(C(=O)c3cc([N+](=O)[O-])ccc3N3CCCCC3)CC2)c1. The van der Waals surface area contributed by atoms with E-state index in [1.165, 1.54) is 12.1 Å². The Bertz CT molecular complexity index is 1040. The molecule has 33 heavy (non-hydrogen) atoms. The van der Waals surface area contributed by atoms with Crippen molar-refractivity contribution in [3.05, 3.63) is 63.7 Å². The number of carbonyl (C=O) groups excluding carboxylic acids is 2. The van der Waals surface area contributed by atoms with Gasteiger partial charge in [0.15, 0.2) is 0 Å². The second-order valence-corrected chi connectivity index (χ2v) is 8.32. The van der Waals surface area contributed by atoms with Gasteiger partial charge in [0.2, 0.25) is 0 Å². The molecule has 0 unspecified atom stereocenters. The Morgan fingerprint density at radius 3 is 2.18 bits per heavy atom. The monoisotopic (exact) mass is 452 g/mol. The smallest absolute Gasteiger partial charge is 0.270 e. The molecule has 9 nitrogen and oxygen atoms in total. The second kappa shape index (κ2) is 9.89. The lowest BCUT2D eigenvalue weighted by Gasteiger charge is -2.36. The van der Waals surface area contributed by atoms with Crippen molar-refractivity contribution in [1.82, 2.24) is 9.80 Å². The number of rotatable bonds is 5. The van der Waals surface area contributed by atoms with Crippen molar-refractivity contribution in [2.45, 2.75) is 19.3 Å². The number of hydrogen-bond acceptors (Lipinski definition) is 6. The number of hydrogen-bond donors (Lipinski definition) is 0. The standard InChI is InChI=1S/C24H28N4O5/c1-33-20-7-5-6-18(16-20)23(29)26-12-14-27(15-13-26)24(30)21-17-19(28(31)32)8-9-22(21)25-10-3-2-4-11-25/h5-9,16-17H,2-4,10-15H2,1H3. The van der Waals surface area contributed by atoms with Crippen LogP contribution in [0.25, 0.3) is 0 Å². The van der Waals surface area contributed by atoms with Crippen LogP contribution in [0.5, 0.6) is 5.75 Å². The molecular weight excluding hydrogens is 424 g/mol. The van der Waals surface area contributed by atoms with Gasteiger partial charge in [0.25, 0.3) is 17.5 Å². The van der Waals surface area contributed by atoms with E-state index in [1.54, 1.807) is 47.2 Å². The van der Waals surface area contributed by atoms with Gasteiger partial charge < -0.3 is 19.4 Å². The molecule has 2 aromatic rings. The summed E-state index contributed by atoms with van der Waals surface area (Å²) < 4.78 is 5.20. The van der Waals surface area contributed by atoms with E-state index in [-0.39, 0.29) is 17.5 Å². The summed E-state index contributed by atoms with van der Waals surface area (Å²) in [6.07, 6.45) is 3.22. The normalized spacial score (nSPS) is 16.5. The summed E-state index contributed by atoms with van der Waals surface area (Å²) in [6, 6.07) is 11.6. The van der Waals surface area contributed by atoms with Gasteiger partial charge in [-0.2, -0.15) is 0 Å². The minimum Gasteiger partial charge on any atom is -0.497 e. The third-order valence-electron chi connectivity index (χ3n) is 6.29. The molecule has 0 spiro atoms. The zero-order chi connectivity index (χ0) is 23.4. The number of amides is 2. The number of benzene rings is 2. The van der Waals surface area contributed by atoms with Gasteiger partial charge >= 0.3 is 0 Å². The molecule has 0 bridgehead atoms. The highest BCUT2D eigenvalue weighted by atomic mass is 16.6. The summed E-state index contributed by atoms with van der Waals surface area (Å²) in [7, 11) is 1.56. The average molecular weight is 453 g/mol. The minimum atomic E-state index is -0.471. The highest BCUT2D eigenvalue weighted by Gasteiger charge is 2.29. The minimum absolute atomic E-state index is 0.0917. The van der Waals surface area contributed by atoms with Crippen LogP contribution in [0, 0.1) is 10.1 Å². The van der Waals surface area contributed by atoms with E-state index in [2.05, 4.69) is 4.90 Å². The number of nitro groups is 1. The zero-order valence-electron chi connectivity index (χ0n) is 18.7. The number of piperidine rings is 1. The highest BCUT2D eigenvalue weighted by molar-refractivity contribution is 6.01. The zero-order valence-corrected chi connectivity index (χ0v) is 18.7. The van der Waals surface area contributed by atoms with E-state index in [1.807, 2.05) is 0 Å². The van der Waals surface area contributed by atoms with E-state index in [0.29, 0.717) is 43.1 Å². The van der Waals surface area contributed by atoms with Gasteiger partial charge in [0, 0.05) is 57.0 Å². The predicted octanol–water partition coefficient (Wildman–Crippen LogP) is 3.19. The van der Waals surface area contributed by atoms with Crippen molar-refractivity contribution in [2.24, 2.45) is 0 Å². The van der Waals surface area contributed by atoms with Gasteiger partial charge in [-0.05, 0) is 43.5 Å². The molecule has 0 radical (unpaired) electrons. The molecule has 2 amide bonds. The molecule has 2 saturated heterocycles. The second-order valence-electron chi connectivity index (χ2n) is 8.32. The maximum absolute atomic E-state index is 13.4. The summed E-state index contributed by atoms with van der Waals surface area (Å²) in [5.74, 6) is 0.281. The molecule has 174 valence electrons. The Hall–Kier alpha value is -3.62. The Labute approximate surface area is 192 Å². The van der Waals surface area contributed by atoms with Gasteiger partial charge in [0.1, 0.15) is 5.75 Å². The van der Waals surface area contributed by atoms with Crippen molar-refractivity contribution in [1.29, 1.82) is 0 Å². The first-order valence-electron chi connectivity index (χ1n) is 11.2. The lowest BCUT2D eigenvalue weighted by atomic mass is 10.0. The fraction of sp³-hybridized carbons (Fsp3) is 0.417. The third-order valence-corrected chi connectivity index (χ3v) is 6.29. The number of carbonyl (C=O) groups is 2. The molecule has 4 rings (SSSR count). The molecule has 2 aliphatic rings. The van der Waals surface area contributed by atoms with Crippen molar-refractivity contribution in [3.63, 3.8) is 0 Å². The molecule has 0 aromatic heterocycles. The molecule has 2 fully saturated rings. The van der Waals surface area contributed by atoms with E-state index >= 15 is 0 Å². The summed E-state index contributed by atoms with van der Waals surface area (Å²) in [4.78, 5) is 42.7. The molecule has 0 N–H and O–H groups in total.